The van der Waals surface area contributed by atoms with Crippen molar-refractivity contribution in [2.75, 3.05) is 19.5 Å². The van der Waals surface area contributed by atoms with Crippen molar-refractivity contribution < 1.29 is 9.84 Å². The maximum Gasteiger partial charge on any atom is 0.180 e. The Bertz CT molecular complexity index is 273. The summed E-state index contributed by atoms with van der Waals surface area (Å²) in [5, 5.41) is 10.4. The molecule has 1 aromatic heterocycles. The van der Waals surface area contributed by atoms with Crippen LogP contribution in [0.2, 0.25) is 0 Å². The smallest absolute Gasteiger partial charge is 0.180 e. The van der Waals surface area contributed by atoms with Crippen LogP contribution in [0.15, 0.2) is 6.20 Å². The molecule has 13 heavy (non-hydrogen) atoms. The Morgan fingerprint density at radius 3 is 2.92 bits per heavy atom. The zero-order valence-electron chi connectivity index (χ0n) is 7.78. The summed E-state index contributed by atoms with van der Waals surface area (Å²) in [6.07, 6.45) is 2.15. The Morgan fingerprint density at radius 1 is 1.77 bits per heavy atom. The third kappa shape index (κ3) is 2.65. The zero-order chi connectivity index (χ0) is 9.90. The molecule has 1 rings (SSSR count). The molecule has 0 aliphatic heterocycles. The number of aromatic nitrogens is 1. The summed E-state index contributed by atoms with van der Waals surface area (Å²) in [5.41, 5.74) is 4.59. The van der Waals surface area contributed by atoms with Crippen LogP contribution in [0.1, 0.15) is 18.2 Å². The van der Waals surface area contributed by atoms with Gasteiger partial charge in [0.2, 0.25) is 0 Å². The second-order valence-electron chi connectivity index (χ2n) is 3.08. The zero-order valence-corrected chi connectivity index (χ0v) is 8.60. The number of anilines is 1. The van der Waals surface area contributed by atoms with Crippen molar-refractivity contribution in [2.24, 2.45) is 0 Å². The van der Waals surface area contributed by atoms with Gasteiger partial charge in [-0.3, -0.25) is 0 Å². The van der Waals surface area contributed by atoms with E-state index in [9.17, 15) is 5.11 Å². The Hall–Kier alpha value is -0.650. The van der Waals surface area contributed by atoms with Gasteiger partial charge in [0.15, 0.2) is 5.13 Å². The van der Waals surface area contributed by atoms with Crippen LogP contribution >= 0.6 is 11.3 Å². The lowest BCUT2D eigenvalue weighted by atomic mass is 10.0. The van der Waals surface area contributed by atoms with Gasteiger partial charge >= 0.3 is 0 Å². The number of rotatable bonds is 4. The van der Waals surface area contributed by atoms with Gasteiger partial charge < -0.3 is 15.6 Å². The first-order valence-corrected chi connectivity index (χ1v) is 4.81. The SMILES string of the molecule is COCCC(C)(O)c1cnc(N)s1. The molecule has 0 saturated carbocycles. The molecule has 5 heteroatoms. The standard InChI is InChI=1S/C8H14N2O2S/c1-8(11,3-4-12-2)6-5-10-7(9)13-6/h5,11H,3-4H2,1-2H3,(H2,9,10). The van der Waals surface area contributed by atoms with E-state index in [0.29, 0.717) is 18.2 Å². The highest BCUT2D eigenvalue weighted by molar-refractivity contribution is 7.15. The van der Waals surface area contributed by atoms with Gasteiger partial charge in [0.05, 0.1) is 10.5 Å². The van der Waals surface area contributed by atoms with Crippen molar-refractivity contribution in [3.8, 4) is 0 Å². The molecule has 1 atom stereocenters. The highest BCUT2D eigenvalue weighted by atomic mass is 32.1. The van der Waals surface area contributed by atoms with Gasteiger partial charge in [0.25, 0.3) is 0 Å². The summed E-state index contributed by atoms with van der Waals surface area (Å²) in [5.74, 6) is 0. The van der Waals surface area contributed by atoms with Crippen molar-refractivity contribution in [2.45, 2.75) is 18.9 Å². The van der Waals surface area contributed by atoms with Gasteiger partial charge in [0, 0.05) is 26.3 Å². The molecular formula is C8H14N2O2S. The van der Waals surface area contributed by atoms with Gasteiger partial charge in [-0.2, -0.15) is 0 Å². The molecule has 0 spiro atoms. The van der Waals surface area contributed by atoms with Gasteiger partial charge in [0.1, 0.15) is 0 Å². The van der Waals surface area contributed by atoms with Gasteiger partial charge in [-0.25, -0.2) is 4.98 Å². The van der Waals surface area contributed by atoms with E-state index in [0.717, 1.165) is 4.88 Å². The Balaban J connectivity index is 2.68. The number of ether oxygens (including phenoxy) is 1. The van der Waals surface area contributed by atoms with Crippen molar-refractivity contribution in [3.05, 3.63) is 11.1 Å². The number of nitrogens with zero attached hydrogens (tertiary/aromatic N) is 1. The van der Waals surface area contributed by atoms with E-state index in [1.807, 2.05) is 0 Å². The van der Waals surface area contributed by atoms with Crippen LogP contribution in [0.5, 0.6) is 0 Å². The number of hydrogen-bond acceptors (Lipinski definition) is 5. The van der Waals surface area contributed by atoms with Crippen LogP contribution in [0.3, 0.4) is 0 Å². The average molecular weight is 202 g/mol. The molecule has 0 aliphatic rings. The molecular weight excluding hydrogens is 188 g/mol. The summed E-state index contributed by atoms with van der Waals surface area (Å²) in [6, 6.07) is 0. The van der Waals surface area contributed by atoms with Crippen LogP contribution in [0, 0.1) is 0 Å². The number of methoxy groups -OCH3 is 1. The summed E-state index contributed by atoms with van der Waals surface area (Å²) < 4.78 is 4.90. The fourth-order valence-corrected chi connectivity index (χ4v) is 1.72. The van der Waals surface area contributed by atoms with Crippen molar-refractivity contribution in [1.29, 1.82) is 0 Å². The van der Waals surface area contributed by atoms with Crippen LogP contribution < -0.4 is 5.73 Å². The van der Waals surface area contributed by atoms with Crippen molar-refractivity contribution in [1.82, 2.24) is 4.98 Å². The average Bonchev–Trinajstić information content (AvgIpc) is 2.49. The quantitative estimate of drug-likeness (QED) is 0.763. The Morgan fingerprint density at radius 2 is 2.46 bits per heavy atom. The predicted octanol–water partition coefficient (Wildman–Crippen LogP) is 0.969. The van der Waals surface area contributed by atoms with Gasteiger partial charge in [-0.15, -0.1) is 0 Å². The number of nitrogen functional groups attached to an aromatic ring is 1. The molecule has 1 aromatic rings. The maximum absolute atomic E-state index is 9.97. The molecule has 0 amide bonds. The normalized spacial score (nSPS) is 15.6. The van der Waals surface area contributed by atoms with E-state index >= 15 is 0 Å². The fourth-order valence-electron chi connectivity index (χ4n) is 0.961. The lowest BCUT2D eigenvalue weighted by molar-refractivity contribution is 0.0240. The minimum absolute atomic E-state index is 0.479. The molecule has 0 aliphatic carbocycles. The fraction of sp³-hybridized carbons (Fsp3) is 0.625. The number of thiazole rings is 1. The van der Waals surface area contributed by atoms with Crippen LogP contribution in [0.4, 0.5) is 5.13 Å². The van der Waals surface area contributed by atoms with E-state index in [-0.39, 0.29) is 0 Å². The number of aliphatic hydroxyl groups is 1. The predicted molar refractivity (Wildman–Crippen MR) is 52.6 cm³/mol. The first-order chi connectivity index (χ1) is 6.06. The maximum atomic E-state index is 9.97. The minimum atomic E-state index is -0.884. The summed E-state index contributed by atoms with van der Waals surface area (Å²) in [7, 11) is 1.61. The van der Waals surface area contributed by atoms with Crippen LogP contribution in [-0.2, 0) is 10.3 Å². The van der Waals surface area contributed by atoms with Crippen molar-refractivity contribution in [3.63, 3.8) is 0 Å². The molecule has 1 unspecified atom stereocenters. The Labute approximate surface area is 81.4 Å². The molecule has 1 heterocycles. The second-order valence-corrected chi connectivity index (χ2v) is 4.14. The highest BCUT2D eigenvalue weighted by Gasteiger charge is 2.24. The summed E-state index contributed by atoms with van der Waals surface area (Å²) in [4.78, 5) is 4.67. The van der Waals surface area contributed by atoms with Gasteiger partial charge in [-0.05, 0) is 6.92 Å². The van der Waals surface area contributed by atoms with Crippen LogP contribution in [-0.4, -0.2) is 23.8 Å². The van der Waals surface area contributed by atoms with E-state index in [1.54, 1.807) is 20.2 Å². The lowest BCUT2D eigenvalue weighted by Crippen LogP contribution is -2.21. The third-order valence-corrected chi connectivity index (χ3v) is 2.93. The monoisotopic (exact) mass is 202 g/mol. The first kappa shape index (κ1) is 10.4. The number of hydrogen-bond donors (Lipinski definition) is 2. The van der Waals surface area contributed by atoms with E-state index in [4.69, 9.17) is 10.5 Å². The molecule has 0 radical (unpaired) electrons. The van der Waals surface area contributed by atoms with Crippen LogP contribution in [0.25, 0.3) is 0 Å². The van der Waals surface area contributed by atoms with E-state index < -0.39 is 5.60 Å². The molecule has 74 valence electrons. The molecule has 4 nitrogen and oxygen atoms in total. The molecule has 0 aromatic carbocycles. The molecule has 3 N–H and O–H groups in total. The summed E-state index contributed by atoms with van der Waals surface area (Å²) in [6.45, 7) is 2.25. The summed E-state index contributed by atoms with van der Waals surface area (Å²) >= 11 is 1.31. The van der Waals surface area contributed by atoms with Crippen molar-refractivity contribution >= 4 is 16.5 Å². The second kappa shape index (κ2) is 4.04. The minimum Gasteiger partial charge on any atom is -0.385 e. The topological polar surface area (TPSA) is 68.4 Å². The van der Waals surface area contributed by atoms with E-state index in [1.165, 1.54) is 11.3 Å². The largest absolute Gasteiger partial charge is 0.385 e. The molecule has 0 fully saturated rings. The van der Waals surface area contributed by atoms with Gasteiger partial charge in [-0.1, -0.05) is 11.3 Å². The highest BCUT2D eigenvalue weighted by Crippen LogP contribution is 2.30. The van der Waals surface area contributed by atoms with E-state index in [2.05, 4.69) is 4.98 Å². The number of nitrogens with two attached hydrogens (primary N) is 1. The molecule has 0 bridgehead atoms. The first-order valence-electron chi connectivity index (χ1n) is 3.99. The molecule has 0 saturated heterocycles. The third-order valence-electron chi connectivity index (χ3n) is 1.85. The Kier molecular flexibility index (Phi) is 3.24. The lowest BCUT2D eigenvalue weighted by Gasteiger charge is -2.20.